The van der Waals surface area contributed by atoms with Crippen LogP contribution in [0.4, 0.5) is 5.69 Å². The molecule has 3 N–H and O–H groups in total. The van der Waals surface area contributed by atoms with Gasteiger partial charge in [0.15, 0.2) is 0 Å². The molecule has 1 amide bonds. The summed E-state index contributed by atoms with van der Waals surface area (Å²) in [5, 5.41) is 8.82. The second-order valence-electron chi connectivity index (χ2n) is 4.80. The first-order valence-electron chi connectivity index (χ1n) is 6.84. The van der Waals surface area contributed by atoms with Crippen molar-refractivity contribution in [3.05, 3.63) is 30.3 Å². The van der Waals surface area contributed by atoms with E-state index in [9.17, 15) is 9.59 Å². The van der Waals surface area contributed by atoms with Crippen molar-refractivity contribution in [1.29, 1.82) is 0 Å². The third kappa shape index (κ3) is 5.01. The molecule has 0 aromatic heterocycles. The minimum atomic E-state index is -0.909. The minimum absolute atomic E-state index is 0.0501. The summed E-state index contributed by atoms with van der Waals surface area (Å²) in [6, 6.07) is 9.16. The zero-order chi connectivity index (χ0) is 15.0. The smallest absolute Gasteiger partial charge is 0.305 e. The molecule has 0 spiro atoms. The molecule has 0 saturated heterocycles. The predicted octanol–water partition coefficient (Wildman–Crippen LogP) is 1.87. The average molecular weight is 278 g/mol. The molecule has 0 radical (unpaired) electrons. The van der Waals surface area contributed by atoms with Crippen molar-refractivity contribution in [3.8, 4) is 0 Å². The second kappa shape index (κ2) is 8.32. The van der Waals surface area contributed by atoms with Gasteiger partial charge in [-0.3, -0.25) is 9.59 Å². The van der Waals surface area contributed by atoms with E-state index >= 15 is 0 Å². The van der Waals surface area contributed by atoms with Crippen LogP contribution in [0.15, 0.2) is 30.3 Å². The van der Waals surface area contributed by atoms with Crippen LogP contribution >= 0.6 is 0 Å². The lowest BCUT2D eigenvalue weighted by molar-refractivity contribution is -0.136. The Labute approximate surface area is 119 Å². The summed E-state index contributed by atoms with van der Waals surface area (Å²) in [5.41, 5.74) is 6.19. The van der Waals surface area contributed by atoms with Gasteiger partial charge in [-0.25, -0.2) is 0 Å². The molecule has 0 aliphatic carbocycles. The van der Waals surface area contributed by atoms with Crippen LogP contribution in [-0.4, -0.2) is 30.1 Å². The van der Waals surface area contributed by atoms with Gasteiger partial charge in [0.2, 0.25) is 5.91 Å². The topological polar surface area (TPSA) is 83.6 Å². The van der Waals surface area contributed by atoms with Crippen LogP contribution in [0.1, 0.15) is 26.2 Å². The van der Waals surface area contributed by atoms with Crippen LogP contribution in [0.2, 0.25) is 0 Å². The molecule has 20 heavy (non-hydrogen) atoms. The Bertz CT molecular complexity index is 434. The molecule has 1 rings (SSSR count). The molecular formula is C15H22N2O3. The van der Waals surface area contributed by atoms with E-state index in [4.69, 9.17) is 10.8 Å². The number of aliphatic carboxylic acids is 1. The first-order valence-corrected chi connectivity index (χ1v) is 6.84. The molecule has 1 unspecified atom stereocenters. The first kappa shape index (κ1) is 16.2. The van der Waals surface area contributed by atoms with Crippen LogP contribution in [0, 0.1) is 5.92 Å². The molecule has 0 aliphatic rings. The third-order valence-corrected chi connectivity index (χ3v) is 3.15. The van der Waals surface area contributed by atoms with Crippen molar-refractivity contribution in [2.45, 2.75) is 26.2 Å². The minimum Gasteiger partial charge on any atom is -0.481 e. The quantitative estimate of drug-likeness (QED) is 0.760. The van der Waals surface area contributed by atoms with E-state index in [0.29, 0.717) is 13.0 Å². The number of carbonyl (C=O) groups excluding carboxylic acids is 1. The van der Waals surface area contributed by atoms with E-state index in [1.807, 2.05) is 37.3 Å². The standard InChI is InChI=1S/C15H22N2O3/c1-12(6-5-10-16)15(20)17(11-9-14(18)19)13-7-3-2-4-8-13/h2-4,7-8,12H,5-6,9-11,16H2,1H3,(H,18,19). The van der Waals surface area contributed by atoms with E-state index in [2.05, 4.69) is 0 Å². The summed E-state index contributed by atoms with van der Waals surface area (Å²) >= 11 is 0. The number of anilines is 1. The number of hydrogen-bond acceptors (Lipinski definition) is 3. The van der Waals surface area contributed by atoms with Gasteiger partial charge >= 0.3 is 5.97 Å². The van der Waals surface area contributed by atoms with Crippen molar-refractivity contribution in [2.75, 3.05) is 18.0 Å². The SMILES string of the molecule is CC(CCCN)C(=O)N(CCC(=O)O)c1ccccc1. The number of para-hydroxylation sites is 1. The zero-order valence-electron chi connectivity index (χ0n) is 11.8. The molecule has 1 aromatic rings. The molecule has 0 heterocycles. The van der Waals surface area contributed by atoms with Crippen LogP contribution in [0.25, 0.3) is 0 Å². The molecule has 5 nitrogen and oxygen atoms in total. The van der Waals surface area contributed by atoms with Gasteiger partial charge in [-0.05, 0) is 31.5 Å². The Morgan fingerprint density at radius 3 is 2.50 bits per heavy atom. The lowest BCUT2D eigenvalue weighted by Crippen LogP contribution is -2.37. The fourth-order valence-electron chi connectivity index (χ4n) is 2.00. The van der Waals surface area contributed by atoms with E-state index in [0.717, 1.165) is 12.1 Å². The van der Waals surface area contributed by atoms with Gasteiger partial charge in [-0.2, -0.15) is 0 Å². The van der Waals surface area contributed by atoms with Crippen LogP contribution in [0.3, 0.4) is 0 Å². The number of carboxylic acid groups (broad SMARTS) is 1. The van der Waals surface area contributed by atoms with E-state index < -0.39 is 5.97 Å². The molecule has 0 aliphatic heterocycles. The Morgan fingerprint density at radius 1 is 1.30 bits per heavy atom. The van der Waals surface area contributed by atoms with Gasteiger partial charge in [0, 0.05) is 18.2 Å². The maximum atomic E-state index is 12.5. The van der Waals surface area contributed by atoms with Gasteiger partial charge in [0.1, 0.15) is 0 Å². The van der Waals surface area contributed by atoms with Crippen LogP contribution < -0.4 is 10.6 Å². The summed E-state index contributed by atoms with van der Waals surface area (Å²) in [6.07, 6.45) is 1.43. The van der Waals surface area contributed by atoms with Gasteiger partial charge in [0.05, 0.1) is 6.42 Å². The van der Waals surface area contributed by atoms with Gasteiger partial charge in [-0.1, -0.05) is 25.1 Å². The Balaban J connectivity index is 2.81. The summed E-state index contributed by atoms with van der Waals surface area (Å²) in [5.74, 6) is -1.12. The number of nitrogens with zero attached hydrogens (tertiary/aromatic N) is 1. The largest absolute Gasteiger partial charge is 0.481 e. The monoisotopic (exact) mass is 278 g/mol. The van der Waals surface area contributed by atoms with Crippen molar-refractivity contribution in [2.24, 2.45) is 11.7 Å². The molecule has 1 atom stereocenters. The molecular weight excluding hydrogens is 256 g/mol. The van der Waals surface area contributed by atoms with Gasteiger partial charge in [-0.15, -0.1) is 0 Å². The first-order chi connectivity index (χ1) is 9.56. The Hall–Kier alpha value is -1.88. The van der Waals surface area contributed by atoms with Crippen molar-refractivity contribution in [1.82, 2.24) is 0 Å². The summed E-state index contributed by atoms with van der Waals surface area (Å²) in [7, 11) is 0. The molecule has 0 bridgehead atoms. The maximum absolute atomic E-state index is 12.5. The summed E-state index contributed by atoms with van der Waals surface area (Å²) in [6.45, 7) is 2.60. The predicted molar refractivity (Wildman–Crippen MR) is 78.5 cm³/mol. The van der Waals surface area contributed by atoms with Crippen molar-refractivity contribution >= 4 is 17.6 Å². The lowest BCUT2D eigenvalue weighted by atomic mass is 10.0. The number of carboxylic acids is 1. The number of benzene rings is 1. The zero-order valence-corrected chi connectivity index (χ0v) is 11.8. The summed E-state index contributed by atoms with van der Waals surface area (Å²) < 4.78 is 0. The third-order valence-electron chi connectivity index (χ3n) is 3.15. The maximum Gasteiger partial charge on any atom is 0.305 e. The molecule has 0 saturated carbocycles. The molecule has 1 aromatic carbocycles. The Kier molecular flexibility index (Phi) is 6.73. The highest BCUT2D eigenvalue weighted by Gasteiger charge is 2.22. The molecule has 5 heteroatoms. The summed E-state index contributed by atoms with van der Waals surface area (Å²) in [4.78, 5) is 24.8. The van der Waals surface area contributed by atoms with Crippen molar-refractivity contribution in [3.63, 3.8) is 0 Å². The van der Waals surface area contributed by atoms with Crippen molar-refractivity contribution < 1.29 is 14.7 Å². The highest BCUT2D eigenvalue weighted by atomic mass is 16.4. The van der Waals surface area contributed by atoms with E-state index in [-0.39, 0.29) is 24.8 Å². The Morgan fingerprint density at radius 2 is 1.95 bits per heavy atom. The van der Waals surface area contributed by atoms with Crippen LogP contribution in [-0.2, 0) is 9.59 Å². The lowest BCUT2D eigenvalue weighted by Gasteiger charge is -2.25. The number of amides is 1. The number of nitrogens with two attached hydrogens (primary N) is 1. The second-order valence-corrected chi connectivity index (χ2v) is 4.80. The van der Waals surface area contributed by atoms with E-state index in [1.54, 1.807) is 4.90 Å². The number of hydrogen-bond donors (Lipinski definition) is 2. The normalized spacial score (nSPS) is 11.9. The average Bonchev–Trinajstić information content (AvgIpc) is 2.45. The van der Waals surface area contributed by atoms with Gasteiger partial charge < -0.3 is 15.7 Å². The number of rotatable bonds is 8. The molecule has 0 fully saturated rings. The molecule has 110 valence electrons. The van der Waals surface area contributed by atoms with Crippen LogP contribution in [0.5, 0.6) is 0 Å². The fourth-order valence-corrected chi connectivity index (χ4v) is 2.00. The fraction of sp³-hybridized carbons (Fsp3) is 0.467. The van der Waals surface area contributed by atoms with E-state index in [1.165, 1.54) is 0 Å². The highest BCUT2D eigenvalue weighted by molar-refractivity contribution is 5.95. The number of carbonyl (C=O) groups is 2. The van der Waals surface area contributed by atoms with Gasteiger partial charge in [0.25, 0.3) is 0 Å². The highest BCUT2D eigenvalue weighted by Crippen LogP contribution is 2.18.